The summed E-state index contributed by atoms with van der Waals surface area (Å²) in [5.41, 5.74) is 9.14. The van der Waals surface area contributed by atoms with Crippen LogP contribution in [0.25, 0.3) is 5.69 Å². The SMILES string of the molecule is NC(Cc1ccccc1)c1cnn(-c2ccccc2)n1. The molecule has 1 atom stereocenters. The molecule has 2 aromatic carbocycles. The zero-order valence-corrected chi connectivity index (χ0v) is 11.1. The second-order valence-corrected chi connectivity index (χ2v) is 4.69. The summed E-state index contributed by atoms with van der Waals surface area (Å²) in [5, 5.41) is 8.73. The molecular formula is C16H16N4. The van der Waals surface area contributed by atoms with Crippen LogP contribution in [0.2, 0.25) is 0 Å². The van der Waals surface area contributed by atoms with Gasteiger partial charge in [-0.1, -0.05) is 48.5 Å². The van der Waals surface area contributed by atoms with E-state index in [2.05, 4.69) is 22.3 Å². The van der Waals surface area contributed by atoms with Crippen LogP contribution in [0.15, 0.2) is 66.9 Å². The smallest absolute Gasteiger partial charge is 0.100 e. The van der Waals surface area contributed by atoms with E-state index in [0.717, 1.165) is 17.8 Å². The summed E-state index contributed by atoms with van der Waals surface area (Å²) < 4.78 is 0. The summed E-state index contributed by atoms with van der Waals surface area (Å²) in [6.45, 7) is 0. The van der Waals surface area contributed by atoms with Crippen molar-refractivity contribution in [2.45, 2.75) is 12.5 Å². The molecule has 3 aromatic rings. The summed E-state index contributed by atoms with van der Waals surface area (Å²) in [6.07, 6.45) is 2.49. The largest absolute Gasteiger partial charge is 0.322 e. The summed E-state index contributed by atoms with van der Waals surface area (Å²) in [4.78, 5) is 1.61. The lowest BCUT2D eigenvalue weighted by molar-refractivity contribution is 0.666. The topological polar surface area (TPSA) is 56.7 Å². The molecule has 0 bridgehead atoms. The van der Waals surface area contributed by atoms with E-state index >= 15 is 0 Å². The van der Waals surface area contributed by atoms with Crippen LogP contribution < -0.4 is 5.73 Å². The fourth-order valence-electron chi connectivity index (χ4n) is 2.10. The van der Waals surface area contributed by atoms with Crippen molar-refractivity contribution in [2.24, 2.45) is 5.73 Å². The van der Waals surface area contributed by atoms with E-state index < -0.39 is 0 Å². The highest BCUT2D eigenvalue weighted by atomic mass is 15.5. The van der Waals surface area contributed by atoms with Crippen molar-refractivity contribution in [3.05, 3.63) is 78.1 Å². The minimum Gasteiger partial charge on any atom is -0.322 e. The molecule has 100 valence electrons. The Bertz CT molecular complexity index is 661. The molecule has 0 aliphatic rings. The summed E-state index contributed by atoms with van der Waals surface area (Å²) in [5.74, 6) is 0. The number of nitrogens with zero attached hydrogens (tertiary/aromatic N) is 3. The first-order chi connectivity index (χ1) is 9.83. The molecular weight excluding hydrogens is 248 g/mol. The first-order valence-corrected chi connectivity index (χ1v) is 6.60. The molecule has 0 spiro atoms. The summed E-state index contributed by atoms with van der Waals surface area (Å²) in [6, 6.07) is 19.9. The first-order valence-electron chi connectivity index (χ1n) is 6.60. The first kappa shape index (κ1) is 12.6. The lowest BCUT2D eigenvalue weighted by atomic mass is 10.1. The maximum absolute atomic E-state index is 6.20. The van der Waals surface area contributed by atoms with E-state index in [1.807, 2.05) is 48.5 Å². The Morgan fingerprint density at radius 1 is 0.950 bits per heavy atom. The van der Waals surface area contributed by atoms with Crippen LogP contribution in [0.4, 0.5) is 0 Å². The van der Waals surface area contributed by atoms with Crippen LogP contribution in [-0.2, 0) is 6.42 Å². The molecule has 0 amide bonds. The fourth-order valence-corrected chi connectivity index (χ4v) is 2.10. The molecule has 1 unspecified atom stereocenters. The third-order valence-electron chi connectivity index (χ3n) is 3.18. The molecule has 1 heterocycles. The monoisotopic (exact) mass is 264 g/mol. The van der Waals surface area contributed by atoms with Gasteiger partial charge in [0.1, 0.15) is 5.69 Å². The third kappa shape index (κ3) is 2.75. The van der Waals surface area contributed by atoms with Gasteiger partial charge in [0.2, 0.25) is 0 Å². The van der Waals surface area contributed by atoms with E-state index in [9.17, 15) is 0 Å². The van der Waals surface area contributed by atoms with Gasteiger partial charge in [-0.2, -0.15) is 15.0 Å². The maximum Gasteiger partial charge on any atom is 0.100 e. The highest BCUT2D eigenvalue weighted by Crippen LogP contribution is 2.14. The van der Waals surface area contributed by atoms with Crippen LogP contribution >= 0.6 is 0 Å². The van der Waals surface area contributed by atoms with Gasteiger partial charge in [0.05, 0.1) is 17.9 Å². The average Bonchev–Trinajstić information content (AvgIpc) is 2.99. The van der Waals surface area contributed by atoms with Crippen LogP contribution in [0.1, 0.15) is 17.3 Å². The van der Waals surface area contributed by atoms with Gasteiger partial charge in [0, 0.05) is 0 Å². The zero-order chi connectivity index (χ0) is 13.8. The van der Waals surface area contributed by atoms with E-state index in [-0.39, 0.29) is 6.04 Å². The van der Waals surface area contributed by atoms with Crippen molar-refractivity contribution in [3.63, 3.8) is 0 Å². The Morgan fingerprint density at radius 3 is 2.30 bits per heavy atom. The molecule has 0 saturated heterocycles. The Morgan fingerprint density at radius 2 is 1.60 bits per heavy atom. The predicted molar refractivity (Wildman–Crippen MR) is 78.4 cm³/mol. The molecule has 0 radical (unpaired) electrons. The molecule has 3 rings (SSSR count). The third-order valence-corrected chi connectivity index (χ3v) is 3.18. The van der Waals surface area contributed by atoms with Crippen molar-refractivity contribution in [1.29, 1.82) is 0 Å². The predicted octanol–water partition coefficient (Wildman–Crippen LogP) is 2.51. The second kappa shape index (κ2) is 5.67. The van der Waals surface area contributed by atoms with E-state index in [0.29, 0.717) is 0 Å². The van der Waals surface area contributed by atoms with Gasteiger partial charge in [-0.15, -0.1) is 0 Å². The number of nitrogens with two attached hydrogens (primary N) is 1. The molecule has 20 heavy (non-hydrogen) atoms. The number of aromatic nitrogens is 3. The van der Waals surface area contributed by atoms with Crippen LogP contribution in [0, 0.1) is 0 Å². The minimum atomic E-state index is -0.144. The molecule has 4 nitrogen and oxygen atoms in total. The quantitative estimate of drug-likeness (QED) is 0.787. The zero-order valence-electron chi connectivity index (χ0n) is 11.1. The Hall–Kier alpha value is -2.46. The highest BCUT2D eigenvalue weighted by Gasteiger charge is 2.11. The number of benzene rings is 2. The van der Waals surface area contributed by atoms with Crippen LogP contribution in [0.5, 0.6) is 0 Å². The van der Waals surface area contributed by atoms with Crippen LogP contribution in [0.3, 0.4) is 0 Å². The second-order valence-electron chi connectivity index (χ2n) is 4.69. The molecule has 0 aliphatic carbocycles. The molecule has 0 aliphatic heterocycles. The summed E-state index contributed by atoms with van der Waals surface area (Å²) >= 11 is 0. The Labute approximate surface area is 117 Å². The van der Waals surface area contributed by atoms with E-state index in [1.165, 1.54) is 5.56 Å². The minimum absolute atomic E-state index is 0.144. The van der Waals surface area contributed by atoms with Gasteiger partial charge in [0.15, 0.2) is 0 Å². The Kier molecular flexibility index (Phi) is 3.56. The summed E-state index contributed by atoms with van der Waals surface area (Å²) in [7, 11) is 0. The molecule has 0 saturated carbocycles. The maximum atomic E-state index is 6.20. The van der Waals surface area contributed by atoms with E-state index in [1.54, 1.807) is 11.0 Å². The van der Waals surface area contributed by atoms with Crippen molar-refractivity contribution in [2.75, 3.05) is 0 Å². The van der Waals surface area contributed by atoms with Crippen molar-refractivity contribution in [3.8, 4) is 5.69 Å². The van der Waals surface area contributed by atoms with Crippen molar-refractivity contribution >= 4 is 0 Å². The number of para-hydroxylation sites is 1. The molecule has 0 fully saturated rings. The molecule has 4 heteroatoms. The Balaban J connectivity index is 1.77. The van der Waals surface area contributed by atoms with Gasteiger partial charge in [-0.05, 0) is 24.1 Å². The number of hydrogen-bond acceptors (Lipinski definition) is 3. The van der Waals surface area contributed by atoms with Crippen LogP contribution in [-0.4, -0.2) is 15.0 Å². The fraction of sp³-hybridized carbons (Fsp3) is 0.125. The van der Waals surface area contributed by atoms with Gasteiger partial charge < -0.3 is 5.73 Å². The van der Waals surface area contributed by atoms with Gasteiger partial charge >= 0.3 is 0 Å². The van der Waals surface area contributed by atoms with Gasteiger partial charge in [-0.3, -0.25) is 0 Å². The average molecular weight is 264 g/mol. The van der Waals surface area contributed by atoms with E-state index in [4.69, 9.17) is 5.73 Å². The lowest BCUT2D eigenvalue weighted by Gasteiger charge is -2.07. The number of rotatable bonds is 4. The van der Waals surface area contributed by atoms with Gasteiger partial charge in [-0.25, -0.2) is 0 Å². The molecule has 1 aromatic heterocycles. The lowest BCUT2D eigenvalue weighted by Crippen LogP contribution is -2.14. The van der Waals surface area contributed by atoms with Crippen molar-refractivity contribution in [1.82, 2.24) is 15.0 Å². The van der Waals surface area contributed by atoms with Crippen molar-refractivity contribution < 1.29 is 0 Å². The van der Waals surface area contributed by atoms with Gasteiger partial charge in [0.25, 0.3) is 0 Å². The standard InChI is InChI=1S/C16H16N4/c17-15(11-13-7-3-1-4-8-13)16-12-18-20(19-16)14-9-5-2-6-10-14/h1-10,12,15H,11,17H2. The normalized spacial score (nSPS) is 12.2. The molecule has 2 N–H and O–H groups in total. The highest BCUT2D eigenvalue weighted by molar-refractivity contribution is 5.28. The number of hydrogen-bond donors (Lipinski definition) is 1.